The van der Waals surface area contributed by atoms with Gasteiger partial charge in [0.1, 0.15) is 0 Å². The molecule has 76 valence electrons. The van der Waals surface area contributed by atoms with Gasteiger partial charge >= 0.3 is 0 Å². The van der Waals surface area contributed by atoms with Gasteiger partial charge in [0.05, 0.1) is 10.7 Å². The molecule has 0 bridgehead atoms. The molecule has 0 unspecified atom stereocenters. The summed E-state index contributed by atoms with van der Waals surface area (Å²) in [6.07, 6.45) is 0. The van der Waals surface area contributed by atoms with Crippen molar-refractivity contribution in [2.24, 2.45) is 0 Å². The number of nitrogens with zero attached hydrogens (tertiary/aromatic N) is 2. The van der Waals surface area contributed by atoms with Gasteiger partial charge in [-0.3, -0.25) is 0 Å². The molecule has 0 amide bonds. The molecule has 2 rings (SSSR count). The quantitative estimate of drug-likeness (QED) is 0.802. The third kappa shape index (κ3) is 1.92. The molecule has 0 fully saturated rings. The predicted molar refractivity (Wildman–Crippen MR) is 61.6 cm³/mol. The van der Waals surface area contributed by atoms with Crippen molar-refractivity contribution in [3.05, 3.63) is 40.9 Å². The van der Waals surface area contributed by atoms with Crippen molar-refractivity contribution in [3.63, 3.8) is 0 Å². The van der Waals surface area contributed by atoms with E-state index in [1.807, 2.05) is 31.2 Å². The Morgan fingerprint density at radius 3 is 2.60 bits per heavy atom. The zero-order valence-electron chi connectivity index (χ0n) is 8.24. The summed E-state index contributed by atoms with van der Waals surface area (Å²) >= 11 is 5.89. The maximum absolute atomic E-state index is 5.89. The average molecular weight is 220 g/mol. The summed E-state index contributed by atoms with van der Waals surface area (Å²) in [4.78, 5) is 0. The SMILES string of the molecule is Cc1ccccc1-c1cc(Cl)c(N)nn1. The minimum Gasteiger partial charge on any atom is -0.381 e. The van der Waals surface area contributed by atoms with Gasteiger partial charge in [0.25, 0.3) is 0 Å². The van der Waals surface area contributed by atoms with E-state index in [-0.39, 0.29) is 5.82 Å². The first-order valence-electron chi connectivity index (χ1n) is 4.53. The number of nitrogens with two attached hydrogens (primary N) is 1. The monoisotopic (exact) mass is 219 g/mol. The van der Waals surface area contributed by atoms with Crippen molar-refractivity contribution < 1.29 is 0 Å². The Morgan fingerprint density at radius 1 is 1.20 bits per heavy atom. The van der Waals surface area contributed by atoms with Crippen LogP contribution in [0.25, 0.3) is 11.3 Å². The number of aryl methyl sites for hydroxylation is 1. The van der Waals surface area contributed by atoms with Gasteiger partial charge in [0.15, 0.2) is 5.82 Å². The van der Waals surface area contributed by atoms with Crippen LogP contribution in [0.3, 0.4) is 0 Å². The second-order valence-electron chi connectivity index (χ2n) is 3.28. The van der Waals surface area contributed by atoms with Gasteiger partial charge in [-0.25, -0.2) is 0 Å². The fourth-order valence-electron chi connectivity index (χ4n) is 1.37. The molecular formula is C11H10ClN3. The van der Waals surface area contributed by atoms with Crippen LogP contribution in [0.4, 0.5) is 5.82 Å². The smallest absolute Gasteiger partial charge is 0.164 e. The fourth-order valence-corrected chi connectivity index (χ4v) is 1.51. The largest absolute Gasteiger partial charge is 0.381 e. The lowest BCUT2D eigenvalue weighted by Gasteiger charge is -2.04. The van der Waals surface area contributed by atoms with E-state index in [0.717, 1.165) is 16.8 Å². The first kappa shape index (κ1) is 9.93. The molecule has 0 aliphatic carbocycles. The molecule has 15 heavy (non-hydrogen) atoms. The fraction of sp³-hybridized carbons (Fsp3) is 0.0909. The molecule has 0 radical (unpaired) electrons. The Labute approximate surface area is 92.9 Å². The number of hydrogen-bond acceptors (Lipinski definition) is 3. The number of anilines is 1. The van der Waals surface area contributed by atoms with E-state index in [1.54, 1.807) is 6.07 Å². The number of rotatable bonds is 1. The summed E-state index contributed by atoms with van der Waals surface area (Å²) < 4.78 is 0. The van der Waals surface area contributed by atoms with Crippen molar-refractivity contribution in [2.75, 3.05) is 5.73 Å². The van der Waals surface area contributed by atoms with E-state index in [1.165, 1.54) is 0 Å². The zero-order valence-corrected chi connectivity index (χ0v) is 8.99. The number of hydrogen-bond donors (Lipinski definition) is 1. The average Bonchev–Trinajstić information content (AvgIpc) is 2.23. The van der Waals surface area contributed by atoms with Crippen LogP contribution in [0.5, 0.6) is 0 Å². The number of aromatic nitrogens is 2. The lowest BCUT2D eigenvalue weighted by atomic mass is 10.1. The second kappa shape index (κ2) is 3.87. The Morgan fingerprint density at radius 2 is 1.93 bits per heavy atom. The molecule has 0 atom stereocenters. The minimum absolute atomic E-state index is 0.258. The second-order valence-corrected chi connectivity index (χ2v) is 3.68. The Hall–Kier alpha value is -1.61. The first-order valence-corrected chi connectivity index (χ1v) is 4.91. The van der Waals surface area contributed by atoms with Crippen LogP contribution in [-0.2, 0) is 0 Å². The highest BCUT2D eigenvalue weighted by Gasteiger charge is 2.05. The lowest BCUT2D eigenvalue weighted by Crippen LogP contribution is -1.96. The van der Waals surface area contributed by atoms with E-state index in [2.05, 4.69) is 10.2 Å². The highest BCUT2D eigenvalue weighted by Crippen LogP contribution is 2.24. The molecule has 0 aliphatic heterocycles. The van der Waals surface area contributed by atoms with Gasteiger partial charge < -0.3 is 5.73 Å². The minimum atomic E-state index is 0.258. The summed E-state index contributed by atoms with van der Waals surface area (Å²) in [5, 5.41) is 8.24. The zero-order chi connectivity index (χ0) is 10.8. The highest BCUT2D eigenvalue weighted by molar-refractivity contribution is 6.32. The van der Waals surface area contributed by atoms with E-state index in [0.29, 0.717) is 5.02 Å². The Balaban J connectivity index is 2.55. The van der Waals surface area contributed by atoms with Crippen LogP contribution in [0.1, 0.15) is 5.56 Å². The molecule has 4 heteroatoms. The molecule has 1 aromatic heterocycles. The Bertz CT molecular complexity index is 497. The summed E-state index contributed by atoms with van der Waals surface area (Å²) in [5.41, 5.74) is 8.39. The first-order chi connectivity index (χ1) is 7.18. The molecule has 2 N–H and O–H groups in total. The molecule has 3 nitrogen and oxygen atoms in total. The van der Waals surface area contributed by atoms with Crippen molar-refractivity contribution in [1.29, 1.82) is 0 Å². The van der Waals surface area contributed by atoms with E-state index >= 15 is 0 Å². The van der Waals surface area contributed by atoms with Gasteiger partial charge in [-0.15, -0.1) is 10.2 Å². The third-order valence-electron chi connectivity index (χ3n) is 2.19. The lowest BCUT2D eigenvalue weighted by molar-refractivity contribution is 1.05. The van der Waals surface area contributed by atoms with Crippen molar-refractivity contribution in [2.45, 2.75) is 6.92 Å². The molecule has 1 heterocycles. The van der Waals surface area contributed by atoms with Gasteiger partial charge in [-0.1, -0.05) is 35.9 Å². The Kier molecular flexibility index (Phi) is 2.56. The van der Waals surface area contributed by atoms with E-state index in [4.69, 9.17) is 17.3 Å². The molecule has 0 aliphatic rings. The third-order valence-corrected chi connectivity index (χ3v) is 2.50. The highest BCUT2D eigenvalue weighted by atomic mass is 35.5. The van der Waals surface area contributed by atoms with Crippen molar-refractivity contribution in [1.82, 2.24) is 10.2 Å². The molecule has 0 spiro atoms. The molecule has 1 aromatic carbocycles. The van der Waals surface area contributed by atoms with Crippen LogP contribution in [0.2, 0.25) is 5.02 Å². The maximum Gasteiger partial charge on any atom is 0.164 e. The van der Waals surface area contributed by atoms with Crippen LogP contribution < -0.4 is 5.73 Å². The number of benzene rings is 1. The van der Waals surface area contributed by atoms with Gasteiger partial charge in [0.2, 0.25) is 0 Å². The van der Waals surface area contributed by atoms with Gasteiger partial charge in [-0.2, -0.15) is 0 Å². The van der Waals surface area contributed by atoms with Crippen molar-refractivity contribution in [3.8, 4) is 11.3 Å². The predicted octanol–water partition coefficient (Wildman–Crippen LogP) is 2.69. The summed E-state index contributed by atoms with van der Waals surface area (Å²) in [6, 6.07) is 9.65. The topological polar surface area (TPSA) is 51.8 Å². The standard InChI is InChI=1S/C11H10ClN3/c1-7-4-2-3-5-8(7)10-6-9(12)11(13)15-14-10/h2-6H,1H3,(H2,13,15). The number of nitrogen functional groups attached to an aromatic ring is 1. The summed E-state index contributed by atoms with van der Waals surface area (Å²) in [6.45, 7) is 2.02. The molecule has 0 saturated carbocycles. The summed E-state index contributed by atoms with van der Waals surface area (Å²) in [5.74, 6) is 0.258. The molecular weight excluding hydrogens is 210 g/mol. The van der Waals surface area contributed by atoms with E-state index < -0.39 is 0 Å². The molecule has 0 saturated heterocycles. The number of halogens is 1. The van der Waals surface area contributed by atoms with E-state index in [9.17, 15) is 0 Å². The van der Waals surface area contributed by atoms with Gasteiger partial charge in [-0.05, 0) is 18.6 Å². The maximum atomic E-state index is 5.89. The van der Waals surface area contributed by atoms with Crippen LogP contribution >= 0.6 is 11.6 Å². The normalized spacial score (nSPS) is 10.3. The van der Waals surface area contributed by atoms with Crippen LogP contribution in [0, 0.1) is 6.92 Å². The molecule has 2 aromatic rings. The van der Waals surface area contributed by atoms with Crippen LogP contribution in [-0.4, -0.2) is 10.2 Å². The van der Waals surface area contributed by atoms with Gasteiger partial charge in [0, 0.05) is 5.56 Å². The van der Waals surface area contributed by atoms with Crippen molar-refractivity contribution >= 4 is 17.4 Å². The van der Waals surface area contributed by atoms with Crippen LogP contribution in [0.15, 0.2) is 30.3 Å². The summed E-state index contributed by atoms with van der Waals surface area (Å²) in [7, 11) is 0.